The Bertz CT molecular complexity index is 1550. The van der Waals surface area contributed by atoms with Crippen molar-refractivity contribution < 1.29 is 17.9 Å². The number of rotatable bonds is 4. The molecule has 3 heterocycles. The molecule has 1 saturated heterocycles. The van der Waals surface area contributed by atoms with Gasteiger partial charge >= 0.3 is 0 Å². The van der Waals surface area contributed by atoms with Crippen LogP contribution in [0.1, 0.15) is 15.4 Å². The Morgan fingerprint density at radius 3 is 2.73 bits per heavy atom. The molecule has 5 rings (SSSR count). The number of pyridine rings is 1. The maximum absolute atomic E-state index is 13.1. The summed E-state index contributed by atoms with van der Waals surface area (Å²) in [6.07, 6.45) is 0. The van der Waals surface area contributed by atoms with Crippen molar-refractivity contribution in [3.05, 3.63) is 63.4 Å². The second-order valence-corrected chi connectivity index (χ2v) is 10.8. The molecule has 0 atom stereocenters. The number of anilines is 1. The van der Waals surface area contributed by atoms with Crippen molar-refractivity contribution in [1.29, 1.82) is 0 Å². The third kappa shape index (κ3) is 4.15. The number of carbonyl (C=O) groups is 1. The van der Waals surface area contributed by atoms with Crippen molar-refractivity contribution in [2.75, 3.05) is 31.6 Å². The van der Waals surface area contributed by atoms with Crippen LogP contribution >= 0.6 is 11.3 Å². The van der Waals surface area contributed by atoms with Crippen LogP contribution in [0.2, 0.25) is 0 Å². The van der Waals surface area contributed by atoms with Gasteiger partial charge in [-0.05, 0) is 43.3 Å². The van der Waals surface area contributed by atoms with Crippen LogP contribution in [0.5, 0.6) is 0 Å². The molecule has 33 heavy (non-hydrogen) atoms. The van der Waals surface area contributed by atoms with E-state index < -0.39 is 21.5 Å². The molecule has 1 aliphatic rings. The number of ether oxygens (including phenoxy) is 1. The van der Waals surface area contributed by atoms with Crippen molar-refractivity contribution in [2.45, 2.75) is 11.8 Å². The van der Waals surface area contributed by atoms with E-state index >= 15 is 0 Å². The highest BCUT2D eigenvalue weighted by molar-refractivity contribution is 7.89. The lowest BCUT2D eigenvalue weighted by Crippen LogP contribution is -2.40. The van der Waals surface area contributed by atoms with Crippen molar-refractivity contribution in [3.8, 4) is 0 Å². The zero-order valence-electron chi connectivity index (χ0n) is 17.6. The molecule has 0 spiro atoms. The predicted molar refractivity (Wildman–Crippen MR) is 126 cm³/mol. The molecular formula is C22H20N4O5S2. The van der Waals surface area contributed by atoms with Gasteiger partial charge in [0, 0.05) is 35.7 Å². The van der Waals surface area contributed by atoms with E-state index in [2.05, 4.69) is 15.3 Å². The van der Waals surface area contributed by atoms with Crippen LogP contribution in [0.25, 0.3) is 21.1 Å². The zero-order valence-corrected chi connectivity index (χ0v) is 19.3. The summed E-state index contributed by atoms with van der Waals surface area (Å²) in [6, 6.07) is 10.9. The van der Waals surface area contributed by atoms with Crippen LogP contribution in [0.3, 0.4) is 0 Å². The molecule has 9 nitrogen and oxygen atoms in total. The number of nitrogens with zero attached hydrogens (tertiary/aromatic N) is 2. The third-order valence-electron chi connectivity index (χ3n) is 5.42. The van der Waals surface area contributed by atoms with Crippen molar-refractivity contribution in [1.82, 2.24) is 14.3 Å². The number of fused-ring (bicyclic) bond motifs is 2. The number of thiazole rings is 1. The zero-order chi connectivity index (χ0) is 23.2. The predicted octanol–water partition coefficient (Wildman–Crippen LogP) is 2.72. The maximum Gasteiger partial charge on any atom is 0.256 e. The van der Waals surface area contributed by atoms with Gasteiger partial charge in [-0.1, -0.05) is 0 Å². The summed E-state index contributed by atoms with van der Waals surface area (Å²) >= 11 is 1.51. The standard InChI is InChI=1S/C22H20N4O5S2/c1-13-23-19-4-2-14(10-20(19)32-13)24-22(28)17-12-21(27)25-18-5-3-15(11-16(17)18)33(29,30)26-6-8-31-9-7-26/h2-5,10-12H,6-9H2,1H3,(H,24,28)(H,25,27). The molecule has 0 radical (unpaired) electrons. The number of aryl methyl sites for hydroxylation is 1. The highest BCUT2D eigenvalue weighted by atomic mass is 32.2. The minimum Gasteiger partial charge on any atom is -0.379 e. The van der Waals surface area contributed by atoms with Crippen molar-refractivity contribution >= 4 is 54.1 Å². The van der Waals surface area contributed by atoms with Gasteiger partial charge in [-0.2, -0.15) is 4.31 Å². The number of hydrogen-bond acceptors (Lipinski definition) is 7. The molecule has 2 aromatic heterocycles. The van der Waals surface area contributed by atoms with Gasteiger partial charge in [0.2, 0.25) is 15.6 Å². The number of benzene rings is 2. The number of sulfonamides is 1. The van der Waals surface area contributed by atoms with Crippen LogP contribution < -0.4 is 10.9 Å². The van der Waals surface area contributed by atoms with Gasteiger partial charge in [-0.15, -0.1) is 11.3 Å². The number of morpholine rings is 1. The number of hydrogen-bond donors (Lipinski definition) is 2. The first-order valence-corrected chi connectivity index (χ1v) is 12.5. The summed E-state index contributed by atoms with van der Waals surface area (Å²) in [6.45, 7) is 3.10. The second kappa shape index (κ2) is 8.34. The van der Waals surface area contributed by atoms with Gasteiger partial charge in [0.15, 0.2) is 0 Å². The lowest BCUT2D eigenvalue weighted by Gasteiger charge is -2.26. The Morgan fingerprint density at radius 1 is 1.15 bits per heavy atom. The van der Waals surface area contributed by atoms with E-state index in [-0.39, 0.29) is 23.5 Å². The number of amides is 1. The SMILES string of the molecule is Cc1nc2ccc(NC(=O)c3cc(=O)[nH]c4ccc(S(=O)(=O)N5CCOCC5)cc34)cc2s1. The van der Waals surface area contributed by atoms with Crippen LogP contribution in [0.4, 0.5) is 5.69 Å². The average molecular weight is 485 g/mol. The van der Waals surface area contributed by atoms with Gasteiger partial charge in [0.25, 0.3) is 5.91 Å². The third-order valence-corrected chi connectivity index (χ3v) is 8.25. The minimum absolute atomic E-state index is 0.0551. The number of aromatic amines is 1. The largest absolute Gasteiger partial charge is 0.379 e. The lowest BCUT2D eigenvalue weighted by molar-refractivity contribution is 0.0730. The summed E-state index contributed by atoms with van der Waals surface area (Å²) in [5.41, 5.74) is 1.41. The first kappa shape index (κ1) is 21.7. The molecule has 1 aliphatic heterocycles. The molecule has 0 unspecified atom stereocenters. The highest BCUT2D eigenvalue weighted by Crippen LogP contribution is 2.27. The van der Waals surface area contributed by atoms with Gasteiger partial charge < -0.3 is 15.0 Å². The van der Waals surface area contributed by atoms with E-state index in [0.717, 1.165) is 15.2 Å². The Hall–Kier alpha value is -3.12. The normalized spacial score (nSPS) is 15.2. The Morgan fingerprint density at radius 2 is 1.94 bits per heavy atom. The first-order chi connectivity index (χ1) is 15.8. The van der Waals surface area contributed by atoms with Crippen LogP contribution in [-0.2, 0) is 14.8 Å². The molecule has 0 aliphatic carbocycles. The first-order valence-electron chi connectivity index (χ1n) is 10.2. The van der Waals surface area contributed by atoms with Gasteiger partial charge in [0.05, 0.1) is 38.9 Å². The highest BCUT2D eigenvalue weighted by Gasteiger charge is 2.27. The fourth-order valence-electron chi connectivity index (χ4n) is 3.83. The summed E-state index contributed by atoms with van der Waals surface area (Å²) in [7, 11) is -3.76. The lowest BCUT2D eigenvalue weighted by atomic mass is 10.1. The number of H-pyrrole nitrogens is 1. The molecule has 0 bridgehead atoms. The number of carbonyl (C=O) groups excluding carboxylic acids is 1. The van der Waals surface area contributed by atoms with E-state index in [4.69, 9.17) is 4.74 Å². The Kier molecular flexibility index (Phi) is 5.49. The van der Waals surface area contributed by atoms with E-state index in [0.29, 0.717) is 29.8 Å². The topological polar surface area (TPSA) is 121 Å². The van der Waals surface area contributed by atoms with Gasteiger partial charge in [0.1, 0.15) is 0 Å². The average Bonchev–Trinajstić information content (AvgIpc) is 3.18. The minimum atomic E-state index is -3.76. The maximum atomic E-state index is 13.1. The monoisotopic (exact) mass is 484 g/mol. The van der Waals surface area contributed by atoms with E-state index in [9.17, 15) is 18.0 Å². The molecule has 2 aromatic carbocycles. The van der Waals surface area contributed by atoms with E-state index in [1.165, 1.54) is 39.9 Å². The molecule has 11 heteroatoms. The van der Waals surface area contributed by atoms with Crippen molar-refractivity contribution in [3.63, 3.8) is 0 Å². The van der Waals surface area contributed by atoms with Gasteiger partial charge in [-0.3, -0.25) is 9.59 Å². The van der Waals surface area contributed by atoms with Crippen LogP contribution in [-0.4, -0.2) is 54.9 Å². The summed E-state index contributed by atoms with van der Waals surface area (Å²) < 4.78 is 33.7. The van der Waals surface area contributed by atoms with E-state index in [1.54, 1.807) is 6.07 Å². The summed E-state index contributed by atoms with van der Waals surface area (Å²) in [4.78, 5) is 32.4. The van der Waals surface area contributed by atoms with Gasteiger partial charge in [-0.25, -0.2) is 13.4 Å². The number of aromatic nitrogens is 2. The second-order valence-electron chi connectivity index (χ2n) is 7.64. The molecule has 1 amide bonds. The number of nitrogens with one attached hydrogen (secondary N) is 2. The fourth-order valence-corrected chi connectivity index (χ4v) is 6.13. The summed E-state index contributed by atoms with van der Waals surface area (Å²) in [5.74, 6) is -0.507. The molecule has 4 aromatic rings. The molecular weight excluding hydrogens is 464 g/mol. The van der Waals surface area contributed by atoms with E-state index in [1.807, 2.05) is 19.1 Å². The molecule has 170 valence electrons. The smallest absolute Gasteiger partial charge is 0.256 e. The molecule has 0 saturated carbocycles. The quantitative estimate of drug-likeness (QED) is 0.459. The Balaban J connectivity index is 1.54. The summed E-state index contributed by atoms with van der Waals surface area (Å²) in [5, 5.41) is 4.07. The van der Waals surface area contributed by atoms with Crippen molar-refractivity contribution in [2.24, 2.45) is 0 Å². The molecule has 2 N–H and O–H groups in total. The Labute approximate surface area is 193 Å². The fraction of sp³-hybridized carbons (Fsp3) is 0.227. The molecule has 1 fully saturated rings. The van der Waals surface area contributed by atoms with Crippen LogP contribution in [0, 0.1) is 6.92 Å². The van der Waals surface area contributed by atoms with Crippen LogP contribution in [0.15, 0.2) is 52.2 Å².